The van der Waals surface area contributed by atoms with Gasteiger partial charge in [0.15, 0.2) is 10.8 Å². The van der Waals surface area contributed by atoms with Crippen molar-refractivity contribution < 1.29 is 4.79 Å². The predicted octanol–water partition coefficient (Wildman–Crippen LogP) is 2.55. The van der Waals surface area contributed by atoms with E-state index in [-0.39, 0.29) is 17.5 Å². The Kier molecular flexibility index (Phi) is 4.23. The summed E-state index contributed by atoms with van der Waals surface area (Å²) < 4.78 is 3.41. The molecule has 0 N–H and O–H groups in total. The first-order chi connectivity index (χ1) is 13.6. The maximum atomic E-state index is 13.2. The quantitative estimate of drug-likeness (QED) is 0.637. The van der Waals surface area contributed by atoms with Crippen molar-refractivity contribution in [2.24, 2.45) is 0 Å². The molecule has 2 aliphatic heterocycles. The molecule has 1 amide bonds. The fourth-order valence-corrected chi connectivity index (χ4v) is 5.16. The number of carbonyl (C=O) groups is 1. The SMILES string of the molecule is Cc1cccc(-n2ncc3c(=O)n4c(nc32)SC[C@@H]4CC(=O)N2CCCC2)c1. The maximum Gasteiger partial charge on any atom is 0.265 e. The Morgan fingerprint density at radius 3 is 2.89 bits per heavy atom. The Labute approximate surface area is 166 Å². The Bertz CT molecular complexity index is 1130. The zero-order valence-corrected chi connectivity index (χ0v) is 16.5. The highest BCUT2D eigenvalue weighted by molar-refractivity contribution is 7.99. The summed E-state index contributed by atoms with van der Waals surface area (Å²) >= 11 is 1.54. The van der Waals surface area contributed by atoms with E-state index in [1.54, 1.807) is 15.4 Å². The summed E-state index contributed by atoms with van der Waals surface area (Å²) in [5.41, 5.74) is 2.47. The molecule has 0 radical (unpaired) electrons. The number of hydrogen-bond acceptors (Lipinski definition) is 5. The van der Waals surface area contributed by atoms with Crippen LogP contribution in [0, 0.1) is 6.92 Å². The minimum atomic E-state index is -0.139. The second-order valence-corrected chi connectivity index (χ2v) is 8.45. The van der Waals surface area contributed by atoms with Crippen molar-refractivity contribution in [2.45, 2.75) is 37.4 Å². The zero-order chi connectivity index (χ0) is 19.3. The summed E-state index contributed by atoms with van der Waals surface area (Å²) in [7, 11) is 0. The van der Waals surface area contributed by atoms with Crippen LogP contribution < -0.4 is 5.56 Å². The number of hydrogen-bond donors (Lipinski definition) is 0. The molecule has 0 bridgehead atoms. The first kappa shape index (κ1) is 17.5. The largest absolute Gasteiger partial charge is 0.343 e. The van der Waals surface area contributed by atoms with Crippen LogP contribution in [0.4, 0.5) is 0 Å². The van der Waals surface area contributed by atoms with E-state index in [0.29, 0.717) is 28.4 Å². The zero-order valence-electron chi connectivity index (χ0n) is 15.7. The standard InChI is InChI=1S/C20H21N5O2S/c1-13-5-4-6-14(9-13)25-18-16(11-21-25)19(27)24-15(12-28-20(24)22-18)10-17(26)23-7-2-3-8-23/h4-6,9,11,15H,2-3,7-8,10,12H2,1H3/t15-/m0/s1. The van der Waals surface area contributed by atoms with E-state index in [2.05, 4.69) is 5.10 Å². The number of thioether (sulfide) groups is 1. The van der Waals surface area contributed by atoms with Crippen molar-refractivity contribution in [1.29, 1.82) is 0 Å². The molecule has 0 spiro atoms. The molecule has 2 aliphatic rings. The molecule has 4 heterocycles. The first-order valence-corrected chi connectivity index (χ1v) is 10.6. The Morgan fingerprint density at radius 1 is 1.29 bits per heavy atom. The molecule has 1 saturated heterocycles. The fraction of sp³-hybridized carbons (Fsp3) is 0.400. The molecular formula is C20H21N5O2S. The van der Waals surface area contributed by atoms with Gasteiger partial charge in [0, 0.05) is 25.3 Å². The lowest BCUT2D eigenvalue weighted by atomic mass is 10.2. The summed E-state index contributed by atoms with van der Waals surface area (Å²) in [4.78, 5) is 32.4. The van der Waals surface area contributed by atoms with Gasteiger partial charge in [0.25, 0.3) is 5.56 Å². The normalized spacial score (nSPS) is 18.8. The van der Waals surface area contributed by atoms with Crippen molar-refractivity contribution >= 4 is 28.7 Å². The van der Waals surface area contributed by atoms with Gasteiger partial charge >= 0.3 is 0 Å². The average Bonchev–Trinajstić information content (AvgIpc) is 3.42. The van der Waals surface area contributed by atoms with Gasteiger partial charge in [-0.1, -0.05) is 23.9 Å². The molecule has 5 rings (SSSR count). The second kappa shape index (κ2) is 6.77. The number of rotatable bonds is 3. The fourth-order valence-electron chi connectivity index (χ4n) is 4.03. The first-order valence-electron chi connectivity index (χ1n) is 9.60. The van der Waals surface area contributed by atoms with Gasteiger partial charge in [-0.05, 0) is 37.5 Å². The van der Waals surface area contributed by atoms with Crippen molar-refractivity contribution in [1.82, 2.24) is 24.2 Å². The lowest BCUT2D eigenvalue weighted by Gasteiger charge is -2.19. The Morgan fingerprint density at radius 2 is 2.11 bits per heavy atom. The minimum absolute atomic E-state index is 0.108. The van der Waals surface area contributed by atoms with Gasteiger partial charge < -0.3 is 4.90 Å². The van der Waals surface area contributed by atoms with Gasteiger partial charge in [-0.3, -0.25) is 14.2 Å². The average molecular weight is 395 g/mol. The van der Waals surface area contributed by atoms with Crippen LogP contribution in [0.15, 0.2) is 40.4 Å². The molecule has 0 saturated carbocycles. The van der Waals surface area contributed by atoms with E-state index < -0.39 is 0 Å². The monoisotopic (exact) mass is 395 g/mol. The highest BCUT2D eigenvalue weighted by Crippen LogP contribution is 2.34. The molecule has 8 heteroatoms. The minimum Gasteiger partial charge on any atom is -0.343 e. The van der Waals surface area contributed by atoms with Crippen molar-refractivity contribution in [3.63, 3.8) is 0 Å². The number of benzene rings is 1. The maximum absolute atomic E-state index is 13.2. The topological polar surface area (TPSA) is 73.0 Å². The number of carbonyl (C=O) groups excluding carboxylic acids is 1. The van der Waals surface area contributed by atoms with Crippen molar-refractivity contribution in [3.05, 3.63) is 46.4 Å². The number of likely N-dealkylation sites (tertiary alicyclic amines) is 1. The summed E-state index contributed by atoms with van der Waals surface area (Å²) in [6.45, 7) is 3.69. The number of fused-ring (bicyclic) bond motifs is 2. The number of amides is 1. The Balaban J connectivity index is 1.53. The van der Waals surface area contributed by atoms with Crippen molar-refractivity contribution in [3.8, 4) is 5.69 Å². The van der Waals surface area contributed by atoms with Crippen LogP contribution >= 0.6 is 11.8 Å². The van der Waals surface area contributed by atoms with Gasteiger partial charge in [-0.25, -0.2) is 9.67 Å². The van der Waals surface area contributed by atoms with E-state index in [9.17, 15) is 9.59 Å². The predicted molar refractivity (Wildman–Crippen MR) is 108 cm³/mol. The van der Waals surface area contributed by atoms with E-state index in [4.69, 9.17) is 4.98 Å². The van der Waals surface area contributed by atoms with E-state index in [0.717, 1.165) is 37.2 Å². The number of nitrogens with zero attached hydrogens (tertiary/aromatic N) is 5. The van der Waals surface area contributed by atoms with Crippen LogP contribution in [-0.4, -0.2) is 49.0 Å². The van der Waals surface area contributed by atoms with E-state index >= 15 is 0 Å². The summed E-state index contributed by atoms with van der Waals surface area (Å²) in [5.74, 6) is 0.838. The molecule has 7 nitrogen and oxygen atoms in total. The molecule has 1 fully saturated rings. The second-order valence-electron chi connectivity index (χ2n) is 7.46. The van der Waals surface area contributed by atoms with Crippen LogP contribution in [0.3, 0.4) is 0 Å². The molecule has 1 aromatic carbocycles. The van der Waals surface area contributed by atoms with Gasteiger partial charge in [-0.15, -0.1) is 0 Å². The van der Waals surface area contributed by atoms with Crippen molar-refractivity contribution in [2.75, 3.05) is 18.8 Å². The van der Waals surface area contributed by atoms with Crippen LogP contribution in [-0.2, 0) is 4.79 Å². The Hall–Kier alpha value is -2.61. The molecule has 2 aromatic heterocycles. The highest BCUT2D eigenvalue weighted by Gasteiger charge is 2.31. The van der Waals surface area contributed by atoms with Crippen LogP contribution in [0.25, 0.3) is 16.7 Å². The summed E-state index contributed by atoms with van der Waals surface area (Å²) in [5, 5.41) is 5.58. The third-order valence-electron chi connectivity index (χ3n) is 5.49. The van der Waals surface area contributed by atoms with Gasteiger partial charge in [0.2, 0.25) is 5.91 Å². The molecular weight excluding hydrogens is 374 g/mol. The van der Waals surface area contributed by atoms with Crippen LogP contribution in [0.2, 0.25) is 0 Å². The summed E-state index contributed by atoms with van der Waals surface area (Å²) in [6, 6.07) is 7.82. The lowest BCUT2D eigenvalue weighted by molar-refractivity contribution is -0.130. The molecule has 144 valence electrons. The molecule has 3 aromatic rings. The van der Waals surface area contributed by atoms with Gasteiger partial charge in [-0.2, -0.15) is 5.10 Å². The van der Waals surface area contributed by atoms with Gasteiger partial charge in [0.1, 0.15) is 5.39 Å². The van der Waals surface area contributed by atoms with E-state index in [1.807, 2.05) is 36.1 Å². The third kappa shape index (κ3) is 2.83. The number of aromatic nitrogens is 4. The van der Waals surface area contributed by atoms with Gasteiger partial charge in [0.05, 0.1) is 17.9 Å². The molecule has 0 unspecified atom stereocenters. The smallest absolute Gasteiger partial charge is 0.265 e. The third-order valence-corrected chi connectivity index (χ3v) is 6.58. The van der Waals surface area contributed by atoms with Crippen LogP contribution in [0.1, 0.15) is 30.9 Å². The van der Waals surface area contributed by atoms with Crippen LogP contribution in [0.5, 0.6) is 0 Å². The lowest BCUT2D eigenvalue weighted by Crippen LogP contribution is -2.32. The molecule has 28 heavy (non-hydrogen) atoms. The van der Waals surface area contributed by atoms with E-state index in [1.165, 1.54) is 11.8 Å². The highest BCUT2D eigenvalue weighted by atomic mass is 32.2. The summed E-state index contributed by atoms with van der Waals surface area (Å²) in [6.07, 6.45) is 4.09. The molecule has 0 aliphatic carbocycles. The number of aryl methyl sites for hydroxylation is 1. The molecule has 1 atom stereocenters.